The minimum Gasteiger partial charge on any atom is -0.483 e. The lowest BCUT2D eigenvalue weighted by Crippen LogP contribution is -2.20. The molecule has 2 aromatic carbocycles. The molecular formula is C18H14BrCl2NO3. The van der Waals surface area contributed by atoms with Crippen molar-refractivity contribution in [3.8, 4) is 5.75 Å². The molecule has 0 heterocycles. The fourth-order valence-corrected chi connectivity index (χ4v) is 2.91. The average molecular weight is 443 g/mol. The first kappa shape index (κ1) is 19.5. The van der Waals surface area contributed by atoms with Gasteiger partial charge in [-0.1, -0.05) is 39.1 Å². The van der Waals surface area contributed by atoms with Gasteiger partial charge in [-0.25, -0.2) is 0 Å². The van der Waals surface area contributed by atoms with Crippen LogP contribution in [0.2, 0.25) is 10.0 Å². The first-order chi connectivity index (χ1) is 11.8. The molecule has 2 N–H and O–H groups in total. The van der Waals surface area contributed by atoms with Gasteiger partial charge in [0.2, 0.25) is 0 Å². The van der Waals surface area contributed by atoms with Crippen LogP contribution in [0.15, 0.2) is 40.9 Å². The quantitative estimate of drug-likeness (QED) is 0.514. The molecule has 130 valence electrons. The van der Waals surface area contributed by atoms with E-state index in [4.69, 9.17) is 33.7 Å². The van der Waals surface area contributed by atoms with Gasteiger partial charge in [0, 0.05) is 9.50 Å². The van der Waals surface area contributed by atoms with E-state index in [1.807, 2.05) is 6.92 Å². The molecule has 0 fully saturated rings. The van der Waals surface area contributed by atoms with E-state index >= 15 is 0 Å². The Morgan fingerprint density at radius 2 is 1.96 bits per heavy atom. The second-order valence-corrected chi connectivity index (χ2v) is 6.95. The summed E-state index contributed by atoms with van der Waals surface area (Å²) >= 11 is 15.6. The molecule has 0 spiro atoms. The third kappa shape index (κ3) is 5.33. The van der Waals surface area contributed by atoms with Crippen molar-refractivity contribution in [1.82, 2.24) is 0 Å². The highest BCUT2D eigenvalue weighted by atomic mass is 79.9. The van der Waals surface area contributed by atoms with Crippen LogP contribution in [0.5, 0.6) is 5.75 Å². The highest BCUT2D eigenvalue weighted by Crippen LogP contribution is 2.28. The van der Waals surface area contributed by atoms with Crippen molar-refractivity contribution in [2.24, 2.45) is 5.73 Å². The number of ketones is 1. The molecule has 2 rings (SSSR count). The lowest BCUT2D eigenvalue weighted by Gasteiger charge is -2.09. The van der Waals surface area contributed by atoms with Gasteiger partial charge < -0.3 is 10.5 Å². The maximum atomic E-state index is 12.5. The first-order valence-corrected chi connectivity index (χ1v) is 8.71. The van der Waals surface area contributed by atoms with Gasteiger partial charge in [0.1, 0.15) is 5.75 Å². The molecule has 0 saturated heterocycles. The molecule has 0 atom stereocenters. The Bertz CT molecular complexity index is 866. The Morgan fingerprint density at radius 1 is 1.24 bits per heavy atom. The van der Waals surface area contributed by atoms with Crippen molar-refractivity contribution in [2.45, 2.75) is 6.92 Å². The van der Waals surface area contributed by atoms with E-state index in [-0.39, 0.29) is 18.1 Å². The fourth-order valence-electron chi connectivity index (χ4n) is 2.10. The molecule has 0 aliphatic rings. The van der Waals surface area contributed by atoms with Crippen molar-refractivity contribution < 1.29 is 14.3 Å². The van der Waals surface area contributed by atoms with Crippen LogP contribution in [0.25, 0.3) is 6.08 Å². The molecule has 0 bridgehead atoms. The number of carbonyl (C=O) groups excluding carboxylic acids is 2. The normalized spacial score (nSPS) is 10.9. The number of halogens is 3. The topological polar surface area (TPSA) is 69.4 Å². The third-order valence-electron chi connectivity index (χ3n) is 3.24. The molecule has 25 heavy (non-hydrogen) atoms. The minimum atomic E-state index is -0.627. The molecule has 0 aliphatic carbocycles. The van der Waals surface area contributed by atoms with Crippen LogP contribution in [0.3, 0.4) is 0 Å². The zero-order valence-corrected chi connectivity index (χ0v) is 16.3. The summed E-state index contributed by atoms with van der Waals surface area (Å²) in [6.07, 6.45) is 2.96. The highest BCUT2D eigenvalue weighted by Gasteiger charge is 2.12. The van der Waals surface area contributed by atoms with Gasteiger partial charge in [-0.15, -0.1) is 0 Å². The van der Waals surface area contributed by atoms with Crippen LogP contribution in [-0.2, 0) is 4.79 Å². The number of aryl methyl sites for hydroxylation is 1. The Balaban J connectivity index is 2.32. The summed E-state index contributed by atoms with van der Waals surface area (Å²) in [5.74, 6) is -0.669. The highest BCUT2D eigenvalue weighted by molar-refractivity contribution is 9.10. The van der Waals surface area contributed by atoms with E-state index in [1.54, 1.807) is 36.4 Å². The molecule has 0 aliphatic heterocycles. The van der Waals surface area contributed by atoms with Gasteiger partial charge in [0.15, 0.2) is 12.4 Å². The summed E-state index contributed by atoms with van der Waals surface area (Å²) < 4.78 is 5.99. The summed E-state index contributed by atoms with van der Waals surface area (Å²) in [5, 5.41) is 1.05. The van der Waals surface area contributed by atoms with Crippen molar-refractivity contribution in [3.05, 3.63) is 67.6 Å². The molecule has 0 unspecified atom stereocenters. The number of nitrogens with two attached hydrogens (primary N) is 1. The standard InChI is InChI=1S/C18H14BrCl2NO3/c1-10-6-13(20)7-11(18(10)21)2-4-15(23)14-8-12(19)3-5-16(14)25-9-17(22)24/h2-8H,9H2,1H3,(H2,22,24)/b4-2+. The lowest BCUT2D eigenvalue weighted by atomic mass is 10.1. The molecule has 0 radical (unpaired) electrons. The molecular weight excluding hydrogens is 429 g/mol. The van der Waals surface area contributed by atoms with Crippen LogP contribution in [0.4, 0.5) is 0 Å². The Kier molecular flexibility index (Phi) is 6.64. The number of amides is 1. The SMILES string of the molecule is Cc1cc(Cl)cc(/C=C/C(=O)c2cc(Br)ccc2OCC(N)=O)c1Cl. The largest absolute Gasteiger partial charge is 0.483 e. The summed E-state index contributed by atoms with van der Waals surface area (Å²) in [4.78, 5) is 23.4. The lowest BCUT2D eigenvalue weighted by molar-refractivity contribution is -0.119. The van der Waals surface area contributed by atoms with Crippen LogP contribution in [0, 0.1) is 6.92 Å². The second-order valence-electron chi connectivity index (χ2n) is 5.22. The molecule has 7 heteroatoms. The molecule has 4 nitrogen and oxygen atoms in total. The predicted octanol–water partition coefficient (Wildman–Crippen LogP) is 4.82. The van der Waals surface area contributed by atoms with Crippen molar-refractivity contribution >= 4 is 56.9 Å². The van der Waals surface area contributed by atoms with Gasteiger partial charge in [-0.05, 0) is 60.5 Å². The van der Waals surface area contributed by atoms with Crippen molar-refractivity contribution in [3.63, 3.8) is 0 Å². The second kappa shape index (κ2) is 8.52. The van der Waals surface area contributed by atoms with E-state index < -0.39 is 5.91 Å². The maximum Gasteiger partial charge on any atom is 0.255 e. The maximum absolute atomic E-state index is 12.5. The van der Waals surface area contributed by atoms with Crippen LogP contribution < -0.4 is 10.5 Å². The van der Waals surface area contributed by atoms with Crippen molar-refractivity contribution in [1.29, 1.82) is 0 Å². The average Bonchev–Trinajstić information content (AvgIpc) is 2.55. The number of allylic oxidation sites excluding steroid dienone is 1. The number of primary amides is 1. The number of ether oxygens (including phenoxy) is 1. The van der Waals surface area contributed by atoms with Crippen LogP contribution in [-0.4, -0.2) is 18.3 Å². The zero-order chi connectivity index (χ0) is 18.6. The Hall–Kier alpha value is -1.82. The van der Waals surface area contributed by atoms with E-state index in [0.717, 1.165) is 5.56 Å². The number of carbonyl (C=O) groups is 2. The van der Waals surface area contributed by atoms with Crippen LogP contribution in [0.1, 0.15) is 21.5 Å². The van der Waals surface area contributed by atoms with Crippen molar-refractivity contribution in [2.75, 3.05) is 6.61 Å². The Morgan fingerprint density at radius 3 is 2.64 bits per heavy atom. The number of hydrogen-bond acceptors (Lipinski definition) is 3. The van der Waals surface area contributed by atoms with Gasteiger partial charge in [-0.3, -0.25) is 9.59 Å². The number of benzene rings is 2. The minimum absolute atomic E-state index is 0.269. The van der Waals surface area contributed by atoms with E-state index in [1.165, 1.54) is 6.08 Å². The smallest absolute Gasteiger partial charge is 0.255 e. The monoisotopic (exact) mass is 441 g/mol. The predicted molar refractivity (Wildman–Crippen MR) is 103 cm³/mol. The summed E-state index contributed by atoms with van der Waals surface area (Å²) in [6, 6.07) is 8.31. The van der Waals surface area contributed by atoms with Gasteiger partial charge in [0.05, 0.1) is 10.6 Å². The number of rotatable bonds is 6. The molecule has 0 saturated carbocycles. The Labute approximate surface area is 163 Å². The zero-order valence-electron chi connectivity index (χ0n) is 13.2. The van der Waals surface area contributed by atoms with E-state index in [0.29, 0.717) is 25.6 Å². The van der Waals surface area contributed by atoms with E-state index in [9.17, 15) is 9.59 Å². The fraction of sp³-hybridized carbons (Fsp3) is 0.111. The number of hydrogen-bond donors (Lipinski definition) is 1. The molecule has 1 amide bonds. The van der Waals surface area contributed by atoms with Gasteiger partial charge in [0.25, 0.3) is 5.91 Å². The summed E-state index contributed by atoms with van der Waals surface area (Å²) in [6.45, 7) is 1.52. The van der Waals surface area contributed by atoms with E-state index in [2.05, 4.69) is 15.9 Å². The summed E-state index contributed by atoms with van der Waals surface area (Å²) in [7, 11) is 0. The molecule has 0 aromatic heterocycles. The summed E-state index contributed by atoms with van der Waals surface area (Å²) in [5.41, 5.74) is 6.82. The van der Waals surface area contributed by atoms with Gasteiger partial charge in [-0.2, -0.15) is 0 Å². The third-order valence-corrected chi connectivity index (χ3v) is 4.47. The molecule has 2 aromatic rings. The van der Waals surface area contributed by atoms with Gasteiger partial charge >= 0.3 is 0 Å². The first-order valence-electron chi connectivity index (χ1n) is 7.16. The van der Waals surface area contributed by atoms with Crippen LogP contribution >= 0.6 is 39.1 Å².